The minimum absolute atomic E-state index is 0.370. The van der Waals surface area contributed by atoms with Gasteiger partial charge in [0.15, 0.2) is 0 Å². The summed E-state index contributed by atoms with van der Waals surface area (Å²) in [7, 11) is 1.86. The maximum absolute atomic E-state index is 12.1. The van der Waals surface area contributed by atoms with Crippen molar-refractivity contribution in [1.29, 1.82) is 0 Å². The Labute approximate surface area is 89.8 Å². The topological polar surface area (TPSA) is 15.3 Å². The van der Waals surface area contributed by atoms with E-state index in [2.05, 4.69) is 5.32 Å². The highest BCUT2D eigenvalue weighted by Crippen LogP contribution is 2.16. The van der Waals surface area contributed by atoms with Crippen molar-refractivity contribution < 1.29 is 13.2 Å². The molecule has 0 aliphatic heterocycles. The van der Waals surface area contributed by atoms with Crippen molar-refractivity contribution in [3.05, 3.63) is 0 Å². The van der Waals surface area contributed by atoms with Gasteiger partial charge in [0.1, 0.15) is 0 Å². The number of rotatable bonds is 7. The average molecular weight is 226 g/mol. The van der Waals surface area contributed by atoms with Crippen molar-refractivity contribution in [3.8, 4) is 0 Å². The smallest absolute Gasteiger partial charge is 0.317 e. The van der Waals surface area contributed by atoms with Gasteiger partial charge < -0.3 is 5.32 Å². The van der Waals surface area contributed by atoms with Gasteiger partial charge in [-0.15, -0.1) is 0 Å². The molecule has 1 N–H and O–H groups in total. The highest BCUT2D eigenvalue weighted by molar-refractivity contribution is 4.64. The van der Waals surface area contributed by atoms with Crippen molar-refractivity contribution in [3.63, 3.8) is 0 Å². The second-order valence-corrected chi connectivity index (χ2v) is 3.82. The summed E-state index contributed by atoms with van der Waals surface area (Å²) in [6.45, 7) is 3.96. The zero-order chi connectivity index (χ0) is 11.9. The van der Waals surface area contributed by atoms with E-state index in [1.165, 1.54) is 4.90 Å². The largest absolute Gasteiger partial charge is 0.401 e. The summed E-state index contributed by atoms with van der Waals surface area (Å²) in [6.07, 6.45) is -2.37. The van der Waals surface area contributed by atoms with Crippen LogP contribution in [0, 0.1) is 0 Å². The third kappa shape index (κ3) is 8.69. The fraction of sp³-hybridized carbons (Fsp3) is 1.00. The SMILES string of the molecule is CCN(CCCC(C)NC)CC(F)(F)F. The Bertz CT molecular complexity index is 159. The molecule has 0 saturated carbocycles. The molecule has 0 aliphatic rings. The molecule has 1 unspecified atom stereocenters. The lowest BCUT2D eigenvalue weighted by molar-refractivity contribution is -0.145. The summed E-state index contributed by atoms with van der Waals surface area (Å²) < 4.78 is 36.3. The number of nitrogens with zero attached hydrogens (tertiary/aromatic N) is 1. The molecule has 0 rings (SSSR count). The Kier molecular flexibility index (Phi) is 6.92. The molecule has 5 heteroatoms. The summed E-state index contributed by atoms with van der Waals surface area (Å²) in [5.74, 6) is 0. The van der Waals surface area contributed by atoms with E-state index in [-0.39, 0.29) is 0 Å². The first kappa shape index (κ1) is 14.7. The van der Waals surface area contributed by atoms with Gasteiger partial charge >= 0.3 is 6.18 Å². The van der Waals surface area contributed by atoms with E-state index in [4.69, 9.17) is 0 Å². The third-order valence-electron chi connectivity index (χ3n) is 2.45. The van der Waals surface area contributed by atoms with Gasteiger partial charge in [-0.05, 0) is 39.9 Å². The second-order valence-electron chi connectivity index (χ2n) is 3.82. The first-order chi connectivity index (χ1) is 6.89. The van der Waals surface area contributed by atoms with Crippen LogP contribution < -0.4 is 5.32 Å². The van der Waals surface area contributed by atoms with Gasteiger partial charge in [-0.25, -0.2) is 0 Å². The Morgan fingerprint density at radius 3 is 2.33 bits per heavy atom. The van der Waals surface area contributed by atoms with E-state index in [0.717, 1.165) is 12.8 Å². The zero-order valence-electron chi connectivity index (χ0n) is 9.69. The van der Waals surface area contributed by atoms with Crippen LogP contribution in [0.3, 0.4) is 0 Å². The molecule has 15 heavy (non-hydrogen) atoms. The third-order valence-corrected chi connectivity index (χ3v) is 2.45. The Morgan fingerprint density at radius 1 is 1.33 bits per heavy atom. The first-order valence-electron chi connectivity index (χ1n) is 5.35. The molecule has 0 radical (unpaired) electrons. The summed E-state index contributed by atoms with van der Waals surface area (Å²) in [6, 6.07) is 0.370. The molecular weight excluding hydrogens is 205 g/mol. The van der Waals surface area contributed by atoms with Gasteiger partial charge in [0.2, 0.25) is 0 Å². The molecule has 0 heterocycles. The fourth-order valence-electron chi connectivity index (χ4n) is 1.37. The van der Waals surface area contributed by atoms with Crippen LogP contribution in [-0.2, 0) is 0 Å². The standard InChI is InChI=1S/C10H21F3N2/c1-4-15(8-10(11,12)13)7-5-6-9(2)14-3/h9,14H,4-8H2,1-3H3. The van der Waals surface area contributed by atoms with Crippen molar-refractivity contribution >= 4 is 0 Å². The van der Waals surface area contributed by atoms with Crippen LogP contribution in [0.5, 0.6) is 0 Å². The van der Waals surface area contributed by atoms with Crippen LogP contribution in [0.25, 0.3) is 0 Å². The lowest BCUT2D eigenvalue weighted by Gasteiger charge is -2.22. The lowest BCUT2D eigenvalue weighted by Crippen LogP contribution is -2.35. The van der Waals surface area contributed by atoms with Gasteiger partial charge in [0.25, 0.3) is 0 Å². The molecule has 0 spiro atoms. The maximum Gasteiger partial charge on any atom is 0.401 e. The van der Waals surface area contributed by atoms with E-state index in [0.29, 0.717) is 19.1 Å². The van der Waals surface area contributed by atoms with Crippen molar-refractivity contribution in [2.24, 2.45) is 0 Å². The van der Waals surface area contributed by atoms with E-state index in [9.17, 15) is 13.2 Å². The van der Waals surface area contributed by atoms with Crippen LogP contribution >= 0.6 is 0 Å². The highest BCUT2D eigenvalue weighted by atomic mass is 19.4. The maximum atomic E-state index is 12.1. The summed E-state index contributed by atoms with van der Waals surface area (Å²) in [4.78, 5) is 1.43. The van der Waals surface area contributed by atoms with Gasteiger partial charge in [-0.1, -0.05) is 6.92 Å². The molecule has 0 bridgehead atoms. The van der Waals surface area contributed by atoms with Crippen molar-refractivity contribution in [1.82, 2.24) is 10.2 Å². The van der Waals surface area contributed by atoms with Gasteiger partial charge in [0.05, 0.1) is 6.54 Å². The van der Waals surface area contributed by atoms with Crippen LogP contribution in [0.1, 0.15) is 26.7 Å². The number of alkyl halides is 3. The number of hydrogen-bond donors (Lipinski definition) is 1. The number of nitrogens with one attached hydrogen (secondary N) is 1. The van der Waals surface area contributed by atoms with Crippen molar-refractivity contribution in [2.75, 3.05) is 26.7 Å². The van der Waals surface area contributed by atoms with Gasteiger partial charge in [-0.3, -0.25) is 4.90 Å². The molecular formula is C10H21F3N2. The average Bonchev–Trinajstić information content (AvgIpc) is 2.14. The van der Waals surface area contributed by atoms with Crippen molar-refractivity contribution in [2.45, 2.75) is 38.9 Å². The van der Waals surface area contributed by atoms with E-state index < -0.39 is 12.7 Å². The van der Waals surface area contributed by atoms with E-state index >= 15 is 0 Å². The van der Waals surface area contributed by atoms with Crippen LogP contribution in [0.15, 0.2) is 0 Å². The fourth-order valence-corrected chi connectivity index (χ4v) is 1.37. The molecule has 1 atom stereocenters. The predicted molar refractivity (Wildman–Crippen MR) is 55.9 cm³/mol. The molecule has 0 aromatic rings. The predicted octanol–water partition coefficient (Wildman–Crippen LogP) is 2.26. The van der Waals surface area contributed by atoms with Gasteiger partial charge in [-0.2, -0.15) is 13.2 Å². The van der Waals surface area contributed by atoms with Crippen LogP contribution in [0.4, 0.5) is 13.2 Å². The summed E-state index contributed by atoms with van der Waals surface area (Å²) in [5, 5.41) is 3.06. The number of halogens is 3. The molecule has 2 nitrogen and oxygen atoms in total. The number of hydrogen-bond acceptors (Lipinski definition) is 2. The monoisotopic (exact) mass is 226 g/mol. The van der Waals surface area contributed by atoms with Gasteiger partial charge in [0, 0.05) is 6.04 Å². The second kappa shape index (κ2) is 7.06. The summed E-state index contributed by atoms with van der Waals surface area (Å²) >= 11 is 0. The molecule has 0 aromatic heterocycles. The molecule has 0 aliphatic carbocycles. The lowest BCUT2D eigenvalue weighted by atomic mass is 10.2. The molecule has 0 aromatic carbocycles. The first-order valence-corrected chi connectivity index (χ1v) is 5.35. The normalized spacial score (nSPS) is 14.6. The highest BCUT2D eigenvalue weighted by Gasteiger charge is 2.29. The minimum atomic E-state index is -4.08. The quantitative estimate of drug-likeness (QED) is 0.716. The van der Waals surface area contributed by atoms with E-state index in [1.54, 1.807) is 6.92 Å². The Balaban J connectivity index is 3.71. The molecule has 0 amide bonds. The zero-order valence-corrected chi connectivity index (χ0v) is 9.69. The Hall–Kier alpha value is -0.290. The Morgan fingerprint density at radius 2 is 1.93 bits per heavy atom. The molecule has 0 fully saturated rings. The van der Waals surface area contributed by atoms with E-state index in [1.807, 2.05) is 14.0 Å². The van der Waals surface area contributed by atoms with Crippen LogP contribution in [-0.4, -0.2) is 43.8 Å². The minimum Gasteiger partial charge on any atom is -0.317 e. The molecule has 0 saturated heterocycles. The van der Waals surface area contributed by atoms with Crippen LogP contribution in [0.2, 0.25) is 0 Å². The summed E-state index contributed by atoms with van der Waals surface area (Å²) in [5.41, 5.74) is 0. The molecule has 92 valence electrons.